The molecule has 0 fully saturated rings. The monoisotopic (exact) mass is 444 g/mol. The van der Waals surface area contributed by atoms with Crippen molar-refractivity contribution in [2.24, 2.45) is 0 Å². The van der Waals surface area contributed by atoms with E-state index in [-0.39, 0.29) is 32.7 Å². The van der Waals surface area contributed by atoms with Crippen molar-refractivity contribution in [3.05, 3.63) is 73.7 Å². The van der Waals surface area contributed by atoms with E-state index in [0.29, 0.717) is 17.5 Å². The van der Waals surface area contributed by atoms with Gasteiger partial charge in [-0.15, -0.1) is 0 Å². The van der Waals surface area contributed by atoms with E-state index in [1.165, 1.54) is 34.9 Å². The topological polar surface area (TPSA) is 55.6 Å². The maximum atomic E-state index is 14.2. The summed E-state index contributed by atoms with van der Waals surface area (Å²) in [5.41, 5.74) is 1.94. The Kier molecular flexibility index (Phi) is 4.37. The zero-order valence-electron chi connectivity index (χ0n) is 15.7. The van der Waals surface area contributed by atoms with Crippen molar-refractivity contribution >= 4 is 34.7 Å². The van der Waals surface area contributed by atoms with Crippen LogP contribution in [0.4, 0.5) is 8.78 Å². The second kappa shape index (κ2) is 6.85. The van der Waals surface area contributed by atoms with Gasteiger partial charge in [0.25, 0.3) is 0 Å². The molecule has 152 valence electrons. The highest BCUT2D eigenvalue weighted by molar-refractivity contribution is 7.71. The Morgan fingerprint density at radius 1 is 1.27 bits per heavy atom. The molecule has 0 amide bonds. The van der Waals surface area contributed by atoms with Crippen LogP contribution in [0.15, 0.2) is 41.3 Å². The van der Waals surface area contributed by atoms with Gasteiger partial charge in [-0.2, -0.15) is 5.10 Å². The zero-order chi connectivity index (χ0) is 21.2. The Hall–Kier alpha value is -2.84. The summed E-state index contributed by atoms with van der Waals surface area (Å²) < 4.78 is 31.6. The van der Waals surface area contributed by atoms with E-state index in [4.69, 9.17) is 23.8 Å². The molecule has 5 nitrogen and oxygen atoms in total. The predicted octanol–water partition coefficient (Wildman–Crippen LogP) is 5.35. The molecule has 1 aliphatic heterocycles. The minimum Gasteiger partial charge on any atom is -0.343 e. The summed E-state index contributed by atoms with van der Waals surface area (Å²) >= 11 is 11.3. The lowest BCUT2D eigenvalue weighted by Crippen LogP contribution is -2.21. The van der Waals surface area contributed by atoms with Crippen LogP contribution >= 0.6 is 23.8 Å². The number of nitrogens with one attached hydrogen (secondary N) is 1. The van der Waals surface area contributed by atoms with Gasteiger partial charge in [0.1, 0.15) is 11.6 Å². The average Bonchev–Trinajstić information content (AvgIpc) is 3.09. The maximum Gasteiger partial charge on any atom is 0.200 e. The van der Waals surface area contributed by atoms with Crippen molar-refractivity contribution in [3.63, 3.8) is 0 Å². The Balaban J connectivity index is 1.84. The highest BCUT2D eigenvalue weighted by Crippen LogP contribution is 2.32. The van der Waals surface area contributed by atoms with Gasteiger partial charge in [0.2, 0.25) is 5.43 Å². The van der Waals surface area contributed by atoms with E-state index in [2.05, 4.69) is 17.1 Å². The third kappa shape index (κ3) is 2.82. The molecule has 0 radical (unpaired) electrons. The largest absolute Gasteiger partial charge is 0.343 e. The first-order valence-electron chi connectivity index (χ1n) is 9.35. The highest BCUT2D eigenvalue weighted by atomic mass is 35.5. The van der Waals surface area contributed by atoms with Crippen molar-refractivity contribution < 1.29 is 8.78 Å². The molecule has 5 rings (SSSR count). The van der Waals surface area contributed by atoms with Crippen molar-refractivity contribution in [1.82, 2.24) is 19.3 Å². The molecule has 3 heterocycles. The van der Waals surface area contributed by atoms with Gasteiger partial charge in [-0.1, -0.05) is 11.6 Å². The Labute approximate surface area is 179 Å². The number of H-pyrrole nitrogens is 1. The lowest BCUT2D eigenvalue weighted by molar-refractivity contribution is 0.498. The minimum absolute atomic E-state index is 0.0767. The second-order valence-corrected chi connectivity index (χ2v) is 8.21. The summed E-state index contributed by atoms with van der Waals surface area (Å²) in [5, 5.41) is 7.15. The van der Waals surface area contributed by atoms with Gasteiger partial charge < -0.3 is 4.57 Å². The normalized spacial score (nSPS) is 15.7. The van der Waals surface area contributed by atoms with Gasteiger partial charge in [0, 0.05) is 17.6 Å². The molecule has 0 bridgehead atoms. The number of aryl methyl sites for hydroxylation is 1. The molecule has 4 aromatic rings. The number of aromatic nitrogens is 4. The van der Waals surface area contributed by atoms with Gasteiger partial charge >= 0.3 is 0 Å². The van der Waals surface area contributed by atoms with Crippen molar-refractivity contribution in [1.29, 1.82) is 0 Å². The quantitative estimate of drug-likeness (QED) is 0.424. The third-order valence-corrected chi connectivity index (χ3v) is 6.11. The number of aromatic amines is 1. The van der Waals surface area contributed by atoms with E-state index >= 15 is 0 Å². The molecule has 0 aliphatic carbocycles. The van der Waals surface area contributed by atoms with E-state index in [0.717, 1.165) is 17.5 Å². The van der Waals surface area contributed by atoms with Crippen molar-refractivity contribution in [3.8, 4) is 17.1 Å². The number of benzene rings is 2. The van der Waals surface area contributed by atoms with Crippen LogP contribution in [0, 0.1) is 16.4 Å². The molecule has 0 spiro atoms. The van der Waals surface area contributed by atoms with Crippen LogP contribution in [0.2, 0.25) is 5.02 Å². The van der Waals surface area contributed by atoms with Gasteiger partial charge in [0.15, 0.2) is 10.6 Å². The lowest BCUT2D eigenvalue weighted by Gasteiger charge is -2.26. The summed E-state index contributed by atoms with van der Waals surface area (Å²) in [6, 6.07) is 7.01. The number of hydrogen-bond donors (Lipinski definition) is 1. The fourth-order valence-corrected chi connectivity index (χ4v) is 4.50. The van der Waals surface area contributed by atoms with Crippen molar-refractivity contribution in [2.75, 3.05) is 0 Å². The number of hydrogen-bond acceptors (Lipinski definition) is 3. The molecule has 30 heavy (non-hydrogen) atoms. The Bertz CT molecular complexity index is 1460. The Morgan fingerprint density at radius 2 is 2.07 bits per heavy atom. The van der Waals surface area contributed by atoms with E-state index in [1.54, 1.807) is 6.20 Å². The third-order valence-electron chi connectivity index (χ3n) is 5.55. The van der Waals surface area contributed by atoms with Crippen LogP contribution < -0.4 is 5.43 Å². The van der Waals surface area contributed by atoms with Gasteiger partial charge in [-0.25, -0.2) is 8.78 Å². The molecule has 1 N–H and O–H groups in total. The molecule has 0 saturated carbocycles. The van der Waals surface area contributed by atoms with E-state index < -0.39 is 11.6 Å². The average molecular weight is 445 g/mol. The van der Waals surface area contributed by atoms with Crippen LogP contribution in [0.3, 0.4) is 0 Å². The summed E-state index contributed by atoms with van der Waals surface area (Å²) in [7, 11) is 0. The maximum absolute atomic E-state index is 14.2. The molecular weight excluding hydrogens is 430 g/mol. The fraction of sp³-hybridized carbons (Fsp3) is 0.190. The molecule has 0 unspecified atom stereocenters. The molecule has 0 saturated heterocycles. The first-order valence-corrected chi connectivity index (χ1v) is 10.1. The molecule has 2 aromatic carbocycles. The lowest BCUT2D eigenvalue weighted by atomic mass is 9.96. The van der Waals surface area contributed by atoms with Crippen LogP contribution in [-0.2, 0) is 6.42 Å². The second-order valence-electron chi connectivity index (χ2n) is 7.41. The molecule has 1 atom stereocenters. The van der Waals surface area contributed by atoms with Gasteiger partial charge in [-0.05, 0) is 67.9 Å². The van der Waals surface area contributed by atoms with Gasteiger partial charge in [0.05, 0.1) is 21.8 Å². The fourth-order valence-electron chi connectivity index (χ4n) is 4.08. The van der Waals surface area contributed by atoms with Crippen LogP contribution in [0.1, 0.15) is 24.9 Å². The SMILES string of the molecule is C[C@H]1CCc2cc(F)cc3c(=O)c(-c4n[nH]c(=S)n4-c4ccc(F)c(Cl)c4)cn1c23. The Morgan fingerprint density at radius 3 is 2.83 bits per heavy atom. The molecular formula is C21H15ClF2N4OS. The van der Waals surface area contributed by atoms with Gasteiger partial charge in [-0.3, -0.25) is 14.5 Å². The summed E-state index contributed by atoms with van der Waals surface area (Å²) in [6.07, 6.45) is 3.28. The molecule has 2 aromatic heterocycles. The number of nitrogens with zero attached hydrogens (tertiary/aromatic N) is 3. The predicted molar refractivity (Wildman–Crippen MR) is 114 cm³/mol. The van der Waals surface area contributed by atoms with Crippen LogP contribution in [0.5, 0.6) is 0 Å². The standard InChI is InChI=1S/C21H15ClF2N4OS/c1-10-2-3-11-6-12(23)7-14-18(11)27(10)9-15(19(14)29)20-25-26-21(30)28(20)13-4-5-17(24)16(22)8-13/h4-10H,2-3H2,1H3,(H,26,30)/t10-/m0/s1. The first-order chi connectivity index (χ1) is 14.3. The van der Waals surface area contributed by atoms with Crippen LogP contribution in [0.25, 0.3) is 28.0 Å². The van der Waals surface area contributed by atoms with E-state index in [1.807, 2.05) is 4.57 Å². The number of rotatable bonds is 2. The zero-order valence-corrected chi connectivity index (χ0v) is 17.3. The minimum atomic E-state index is -0.566. The molecule has 1 aliphatic rings. The van der Waals surface area contributed by atoms with E-state index in [9.17, 15) is 13.6 Å². The number of halogens is 3. The van der Waals surface area contributed by atoms with Crippen molar-refractivity contribution in [2.45, 2.75) is 25.8 Å². The highest BCUT2D eigenvalue weighted by Gasteiger charge is 2.24. The number of pyridine rings is 1. The smallest absolute Gasteiger partial charge is 0.200 e. The first kappa shape index (κ1) is 19.1. The summed E-state index contributed by atoms with van der Waals surface area (Å²) in [4.78, 5) is 13.4. The van der Waals surface area contributed by atoms with Crippen LogP contribution in [-0.4, -0.2) is 19.3 Å². The molecule has 9 heteroatoms. The summed E-state index contributed by atoms with van der Waals surface area (Å²) in [5.74, 6) is -0.761. The summed E-state index contributed by atoms with van der Waals surface area (Å²) in [6.45, 7) is 2.05.